The van der Waals surface area contributed by atoms with Crippen LogP contribution in [0.3, 0.4) is 0 Å². The number of carbonyl (C=O) groups is 4. The number of carboxylic acid groups (broad SMARTS) is 2. The number of thiophene rings is 2. The first-order chi connectivity index (χ1) is 30.7. The molecule has 0 fully saturated rings. The predicted octanol–water partition coefficient (Wildman–Crippen LogP) is 12.7. The first-order valence-corrected chi connectivity index (χ1v) is 24.5. The maximum Gasteiger partial charge on any atom is 0.323 e. The lowest BCUT2D eigenvalue weighted by Gasteiger charge is -2.17. The molecule has 0 saturated heterocycles. The zero-order chi connectivity index (χ0) is 45.0. The number of amides is 1. The standard InChI is InChI=1S/C51H63N3O7S2/c1-3-5-7-15-21-37-30-47(62-45(37)32-40(33-52)51(60)53(34-48(56)57)35-49(58)59)50-39(22-16-8-6-4-2)31-46(63-50)38-25-26-44-42(29-38)41-23-17-18-24-43(41)54(44)27-19-13-11-9-10-12-14-20-28-61-36-55/h17-18,23-26,29-32,36H,3-16,19-22,27-28,34-35H2,1-2H3,(H,56,57)(H,58,59)/b40-32+. The Morgan fingerprint density at radius 2 is 1.32 bits per heavy atom. The first kappa shape index (κ1) is 48.8. The van der Waals surface area contributed by atoms with Crippen LogP contribution in [0.1, 0.15) is 133 Å². The van der Waals surface area contributed by atoms with E-state index in [1.165, 1.54) is 98.6 Å². The van der Waals surface area contributed by atoms with E-state index < -0.39 is 30.9 Å². The van der Waals surface area contributed by atoms with E-state index in [0.29, 0.717) is 18.0 Å². The Morgan fingerprint density at radius 1 is 0.714 bits per heavy atom. The van der Waals surface area contributed by atoms with Gasteiger partial charge in [-0.05, 0) is 91.6 Å². The van der Waals surface area contributed by atoms with Gasteiger partial charge in [0, 0.05) is 47.9 Å². The van der Waals surface area contributed by atoms with Crippen LogP contribution in [0.15, 0.2) is 60.2 Å². The van der Waals surface area contributed by atoms with Crippen LogP contribution in [0.25, 0.3) is 48.1 Å². The van der Waals surface area contributed by atoms with Crippen molar-refractivity contribution >= 4 is 74.9 Å². The molecular formula is C51H63N3O7S2. The molecule has 0 unspecified atom stereocenters. The van der Waals surface area contributed by atoms with Gasteiger partial charge in [-0.3, -0.25) is 19.2 Å². The van der Waals surface area contributed by atoms with Crippen LogP contribution < -0.4 is 0 Å². The summed E-state index contributed by atoms with van der Waals surface area (Å²) in [6.07, 6.45) is 21.1. The molecule has 63 heavy (non-hydrogen) atoms. The largest absolute Gasteiger partial charge is 0.480 e. The Hall–Kier alpha value is -5.25. The minimum atomic E-state index is -1.35. The second-order valence-corrected chi connectivity index (χ2v) is 18.5. The monoisotopic (exact) mass is 893 g/mol. The van der Waals surface area contributed by atoms with Crippen LogP contribution in [-0.2, 0) is 43.3 Å². The van der Waals surface area contributed by atoms with Crippen molar-refractivity contribution in [2.75, 3.05) is 19.7 Å². The van der Waals surface area contributed by atoms with Crippen LogP contribution in [0.5, 0.6) is 0 Å². The molecule has 2 aromatic carbocycles. The number of fused-ring (bicyclic) bond motifs is 3. The Morgan fingerprint density at radius 3 is 1.97 bits per heavy atom. The first-order valence-electron chi connectivity index (χ1n) is 22.9. The maximum atomic E-state index is 13.4. The number of ether oxygens (including phenoxy) is 1. The molecule has 0 aliphatic heterocycles. The number of nitrogens with zero attached hydrogens (tertiary/aromatic N) is 3. The minimum absolute atomic E-state index is 0.286. The van der Waals surface area contributed by atoms with Crippen molar-refractivity contribution in [3.63, 3.8) is 0 Å². The van der Waals surface area contributed by atoms with E-state index >= 15 is 0 Å². The van der Waals surface area contributed by atoms with Crippen molar-refractivity contribution in [3.8, 4) is 26.3 Å². The quantitative estimate of drug-likeness (QED) is 0.0200. The summed E-state index contributed by atoms with van der Waals surface area (Å²) in [5, 5.41) is 31.4. The van der Waals surface area contributed by atoms with Crippen LogP contribution >= 0.6 is 22.7 Å². The molecule has 2 N–H and O–H groups in total. The topological polar surface area (TPSA) is 150 Å². The van der Waals surface area contributed by atoms with Crippen molar-refractivity contribution in [1.82, 2.24) is 9.47 Å². The van der Waals surface area contributed by atoms with Crippen LogP contribution in [0, 0.1) is 11.3 Å². The summed E-state index contributed by atoms with van der Waals surface area (Å²) in [5.74, 6) is -3.62. The highest BCUT2D eigenvalue weighted by atomic mass is 32.1. The number of aromatic nitrogens is 1. The normalized spacial score (nSPS) is 11.6. The molecule has 10 nitrogen and oxygen atoms in total. The van der Waals surface area contributed by atoms with E-state index in [1.807, 2.05) is 6.07 Å². The van der Waals surface area contributed by atoms with Crippen LogP contribution in [0.4, 0.5) is 0 Å². The summed E-state index contributed by atoms with van der Waals surface area (Å²) >= 11 is 3.31. The predicted molar refractivity (Wildman–Crippen MR) is 256 cm³/mol. The molecule has 0 radical (unpaired) electrons. The van der Waals surface area contributed by atoms with Gasteiger partial charge in [0.05, 0.1) is 6.61 Å². The smallest absolute Gasteiger partial charge is 0.323 e. The van der Waals surface area contributed by atoms with Crippen molar-refractivity contribution < 1.29 is 34.1 Å². The second kappa shape index (κ2) is 25.8. The van der Waals surface area contributed by atoms with Gasteiger partial charge in [-0.25, -0.2) is 0 Å². The zero-order valence-corrected chi connectivity index (χ0v) is 38.6. The molecule has 5 rings (SSSR count). The van der Waals surface area contributed by atoms with Gasteiger partial charge in [0.25, 0.3) is 12.4 Å². The summed E-state index contributed by atoms with van der Waals surface area (Å²) in [7, 11) is 0. The number of nitriles is 1. The maximum absolute atomic E-state index is 13.4. The number of rotatable bonds is 30. The second-order valence-electron chi connectivity index (χ2n) is 16.4. The molecular weight excluding hydrogens is 831 g/mol. The third-order valence-electron chi connectivity index (χ3n) is 11.6. The van der Waals surface area contributed by atoms with Gasteiger partial charge in [0.2, 0.25) is 0 Å². The molecule has 12 heteroatoms. The van der Waals surface area contributed by atoms with Crippen molar-refractivity contribution in [2.24, 2.45) is 0 Å². The number of unbranched alkanes of at least 4 members (excludes halogenated alkanes) is 13. The third kappa shape index (κ3) is 14.1. The average molecular weight is 894 g/mol. The molecule has 0 spiro atoms. The Bertz CT molecular complexity index is 2350. The van der Waals surface area contributed by atoms with E-state index in [4.69, 9.17) is 4.74 Å². The van der Waals surface area contributed by atoms with Gasteiger partial charge in [-0.2, -0.15) is 5.26 Å². The third-order valence-corrected chi connectivity index (χ3v) is 14.1. The average Bonchev–Trinajstić information content (AvgIpc) is 3.97. The number of hydrogen-bond donors (Lipinski definition) is 2. The van der Waals surface area contributed by atoms with E-state index in [-0.39, 0.29) is 5.57 Å². The Balaban J connectivity index is 1.45. The highest BCUT2D eigenvalue weighted by Crippen LogP contribution is 2.45. The number of para-hydroxylation sites is 1. The van der Waals surface area contributed by atoms with E-state index in [0.717, 1.165) is 98.9 Å². The van der Waals surface area contributed by atoms with E-state index in [2.05, 4.69) is 73.0 Å². The van der Waals surface area contributed by atoms with Crippen molar-refractivity contribution in [2.45, 2.75) is 136 Å². The number of carboxylic acids is 2. The molecule has 0 bridgehead atoms. The SMILES string of the molecule is CCCCCCc1cc(-c2sc(-c3ccc4c(c3)c3ccccc3n4CCCCCCCCCCOC=O)cc2CCCCCC)sc1/C=C(\C#N)C(=O)N(CC(=O)O)CC(=O)O. The summed E-state index contributed by atoms with van der Waals surface area (Å²) in [4.78, 5) is 51.7. The molecule has 3 heterocycles. The minimum Gasteiger partial charge on any atom is -0.480 e. The fourth-order valence-corrected chi connectivity index (χ4v) is 10.8. The van der Waals surface area contributed by atoms with Gasteiger partial charge >= 0.3 is 11.9 Å². The molecule has 336 valence electrons. The molecule has 0 aliphatic carbocycles. The van der Waals surface area contributed by atoms with Gasteiger partial charge < -0.3 is 24.4 Å². The Labute approximate surface area is 380 Å². The lowest BCUT2D eigenvalue weighted by molar-refractivity contribution is -0.147. The fourth-order valence-electron chi connectivity index (χ4n) is 8.30. The molecule has 0 saturated carbocycles. The number of aliphatic carboxylic acids is 2. The number of hydrogen-bond acceptors (Lipinski definition) is 8. The van der Waals surface area contributed by atoms with Crippen molar-refractivity contribution in [3.05, 3.63) is 76.2 Å². The van der Waals surface area contributed by atoms with E-state index in [9.17, 15) is 34.7 Å². The molecule has 3 aromatic heterocycles. The van der Waals surface area contributed by atoms with Gasteiger partial charge in [-0.15, -0.1) is 22.7 Å². The number of aryl methyl sites for hydroxylation is 3. The number of carbonyl (C=O) groups excluding carboxylic acids is 2. The lowest BCUT2D eigenvalue weighted by Crippen LogP contribution is -2.40. The Kier molecular flexibility index (Phi) is 19.9. The zero-order valence-electron chi connectivity index (χ0n) is 37.0. The summed E-state index contributed by atoms with van der Waals surface area (Å²) in [6, 6.07) is 22.1. The summed E-state index contributed by atoms with van der Waals surface area (Å²) in [5.41, 5.74) is 5.67. The van der Waals surface area contributed by atoms with Gasteiger partial charge in [0.1, 0.15) is 24.7 Å². The molecule has 0 atom stereocenters. The molecule has 0 aliphatic rings. The van der Waals surface area contributed by atoms with Crippen LogP contribution in [0.2, 0.25) is 0 Å². The highest BCUT2D eigenvalue weighted by Gasteiger charge is 2.25. The van der Waals surface area contributed by atoms with E-state index in [1.54, 1.807) is 11.3 Å². The molecule has 5 aromatic rings. The summed E-state index contributed by atoms with van der Waals surface area (Å²) < 4.78 is 7.27. The van der Waals surface area contributed by atoms with Gasteiger partial charge in [0.15, 0.2) is 0 Å². The summed E-state index contributed by atoms with van der Waals surface area (Å²) in [6.45, 7) is 4.75. The lowest BCUT2D eigenvalue weighted by atomic mass is 10.0. The van der Waals surface area contributed by atoms with Gasteiger partial charge in [-0.1, -0.05) is 115 Å². The highest BCUT2D eigenvalue weighted by molar-refractivity contribution is 7.24. The van der Waals surface area contributed by atoms with Crippen molar-refractivity contribution in [1.29, 1.82) is 5.26 Å². The number of benzene rings is 2. The molecule has 1 amide bonds. The van der Waals surface area contributed by atoms with Crippen LogP contribution in [-0.4, -0.2) is 63.7 Å². The fraction of sp³-hybridized carbons (Fsp3) is 0.471.